The normalized spacial score (nSPS) is 8.92. The Balaban J connectivity index is 0. The molecule has 0 aromatic rings. The van der Waals surface area contributed by atoms with Gasteiger partial charge in [-0.15, -0.1) is 0 Å². The van der Waals surface area contributed by atoms with Crippen LogP contribution in [-0.2, 0) is 0 Å². The largest absolute Gasteiger partial charge is 0.378 e. The zero-order valence-electron chi connectivity index (χ0n) is 9.65. The molecule has 0 aliphatic heterocycles. The molecule has 0 saturated heterocycles. The molecular formula is C11H25N. The number of nitrogens with zero attached hydrogens (tertiary/aromatic N) is 1. The first-order chi connectivity index (χ1) is 5.57. The predicted molar refractivity (Wildman–Crippen MR) is 58.2 cm³/mol. The van der Waals surface area contributed by atoms with E-state index in [0.29, 0.717) is 0 Å². The zero-order chi connectivity index (χ0) is 10.1. The topological polar surface area (TPSA) is 3.24 Å². The monoisotopic (exact) mass is 171 g/mol. The molecule has 0 aromatic carbocycles. The van der Waals surface area contributed by atoms with Crippen LogP contribution >= 0.6 is 0 Å². The summed E-state index contributed by atoms with van der Waals surface area (Å²) in [6.45, 7) is 15.7. The highest BCUT2D eigenvalue weighted by Crippen LogP contribution is 2.05. The average Bonchev–Trinajstić information content (AvgIpc) is 2.05. The molecule has 0 heterocycles. The fourth-order valence-corrected chi connectivity index (χ4v) is 0.947. The van der Waals surface area contributed by atoms with E-state index in [1.807, 2.05) is 13.8 Å². The van der Waals surface area contributed by atoms with E-state index in [4.69, 9.17) is 0 Å². The minimum absolute atomic E-state index is 0.730. The molecule has 0 spiro atoms. The summed E-state index contributed by atoms with van der Waals surface area (Å²) < 4.78 is 0. The van der Waals surface area contributed by atoms with Crippen molar-refractivity contribution in [1.82, 2.24) is 4.90 Å². The molecule has 0 aliphatic carbocycles. The van der Waals surface area contributed by atoms with Crippen LogP contribution < -0.4 is 0 Å². The maximum Gasteiger partial charge on any atom is 0.0194 e. The summed E-state index contributed by atoms with van der Waals surface area (Å²) in [5.74, 6) is 0.730. The Bertz CT molecular complexity index is 106. The number of hydrogen-bond donors (Lipinski definition) is 0. The van der Waals surface area contributed by atoms with Gasteiger partial charge in [-0.2, -0.15) is 0 Å². The molecule has 0 aliphatic rings. The number of allylic oxidation sites excluding steroid dienone is 1. The van der Waals surface area contributed by atoms with Crippen molar-refractivity contribution in [3.63, 3.8) is 0 Å². The lowest BCUT2D eigenvalue weighted by molar-refractivity contribution is 0.354. The summed E-state index contributed by atoms with van der Waals surface area (Å²) in [7, 11) is 2.10. The Morgan fingerprint density at radius 3 is 2.00 bits per heavy atom. The number of hydrogen-bond acceptors (Lipinski definition) is 1. The van der Waals surface area contributed by atoms with Crippen LogP contribution in [0.4, 0.5) is 0 Å². The quantitative estimate of drug-likeness (QED) is 0.625. The molecule has 0 saturated carbocycles. The van der Waals surface area contributed by atoms with Crippen molar-refractivity contribution in [2.75, 3.05) is 13.6 Å². The third-order valence-electron chi connectivity index (χ3n) is 1.59. The molecule has 0 aromatic heterocycles. The van der Waals surface area contributed by atoms with E-state index in [0.717, 1.165) is 18.9 Å². The first kappa shape index (κ1) is 14.1. The van der Waals surface area contributed by atoms with Gasteiger partial charge in [-0.05, 0) is 12.3 Å². The van der Waals surface area contributed by atoms with Crippen molar-refractivity contribution < 1.29 is 0 Å². The molecule has 1 heteroatoms. The minimum Gasteiger partial charge on any atom is -0.378 e. The van der Waals surface area contributed by atoms with Crippen LogP contribution in [0.3, 0.4) is 0 Å². The Morgan fingerprint density at radius 2 is 1.75 bits per heavy atom. The van der Waals surface area contributed by atoms with Crippen LogP contribution in [0.2, 0.25) is 0 Å². The van der Waals surface area contributed by atoms with Crippen molar-refractivity contribution in [3.05, 3.63) is 12.3 Å². The van der Waals surface area contributed by atoms with Gasteiger partial charge in [0.25, 0.3) is 0 Å². The van der Waals surface area contributed by atoms with Crippen LogP contribution in [0, 0.1) is 5.92 Å². The van der Waals surface area contributed by atoms with Crippen LogP contribution in [0.25, 0.3) is 0 Å². The summed E-state index contributed by atoms with van der Waals surface area (Å²) in [4.78, 5) is 2.23. The second-order valence-electron chi connectivity index (χ2n) is 3.19. The van der Waals surface area contributed by atoms with Gasteiger partial charge in [0.15, 0.2) is 0 Å². The van der Waals surface area contributed by atoms with Crippen LogP contribution in [0.5, 0.6) is 0 Å². The van der Waals surface area contributed by atoms with Crippen LogP contribution in [0.1, 0.15) is 41.0 Å². The van der Waals surface area contributed by atoms with Crippen molar-refractivity contribution >= 4 is 0 Å². The Hall–Kier alpha value is -0.460. The fraction of sp³-hybridized carbons (Fsp3) is 0.818. The van der Waals surface area contributed by atoms with Crippen molar-refractivity contribution in [2.45, 2.75) is 41.0 Å². The van der Waals surface area contributed by atoms with Gasteiger partial charge < -0.3 is 4.90 Å². The van der Waals surface area contributed by atoms with E-state index >= 15 is 0 Å². The molecular weight excluding hydrogens is 146 g/mol. The maximum atomic E-state index is 3.95. The molecule has 74 valence electrons. The van der Waals surface area contributed by atoms with Gasteiger partial charge >= 0.3 is 0 Å². The highest BCUT2D eigenvalue weighted by Gasteiger charge is 2.00. The lowest BCUT2D eigenvalue weighted by atomic mass is 10.2. The standard InChI is InChI=1S/C9H19N.C2H6/c1-6-9(4)10(5)7-8(2)3;1-2/h8H,4,6-7H2,1-3,5H3;1-2H3. The first-order valence-electron chi connectivity index (χ1n) is 4.96. The second-order valence-corrected chi connectivity index (χ2v) is 3.19. The Morgan fingerprint density at radius 1 is 1.33 bits per heavy atom. The molecule has 0 bridgehead atoms. The van der Waals surface area contributed by atoms with E-state index < -0.39 is 0 Å². The SMILES string of the molecule is C=C(CC)N(C)CC(C)C.CC. The summed E-state index contributed by atoms with van der Waals surface area (Å²) in [5.41, 5.74) is 1.23. The lowest BCUT2D eigenvalue weighted by Crippen LogP contribution is -2.21. The number of rotatable bonds is 4. The van der Waals surface area contributed by atoms with E-state index in [-0.39, 0.29) is 0 Å². The Labute approximate surface area is 78.5 Å². The summed E-state index contributed by atoms with van der Waals surface area (Å²) in [6.07, 6.45) is 1.06. The minimum atomic E-state index is 0.730. The van der Waals surface area contributed by atoms with Crippen molar-refractivity contribution in [2.24, 2.45) is 5.92 Å². The van der Waals surface area contributed by atoms with Gasteiger partial charge in [0.2, 0.25) is 0 Å². The maximum absolute atomic E-state index is 3.95. The highest BCUT2D eigenvalue weighted by molar-refractivity contribution is 4.90. The molecule has 0 unspecified atom stereocenters. The molecule has 0 radical (unpaired) electrons. The second kappa shape index (κ2) is 8.63. The summed E-state index contributed by atoms with van der Waals surface area (Å²) >= 11 is 0. The summed E-state index contributed by atoms with van der Waals surface area (Å²) in [5, 5.41) is 0. The molecule has 0 fully saturated rings. The van der Waals surface area contributed by atoms with Crippen LogP contribution in [-0.4, -0.2) is 18.5 Å². The average molecular weight is 171 g/mol. The van der Waals surface area contributed by atoms with Crippen LogP contribution in [0.15, 0.2) is 12.3 Å². The molecule has 0 atom stereocenters. The molecule has 1 nitrogen and oxygen atoms in total. The molecule has 0 N–H and O–H groups in total. The van der Waals surface area contributed by atoms with Gasteiger partial charge in [0, 0.05) is 19.3 Å². The first-order valence-corrected chi connectivity index (χ1v) is 4.96. The van der Waals surface area contributed by atoms with Crippen molar-refractivity contribution in [1.29, 1.82) is 0 Å². The molecule has 12 heavy (non-hydrogen) atoms. The highest BCUT2D eigenvalue weighted by atomic mass is 15.1. The smallest absolute Gasteiger partial charge is 0.0194 e. The zero-order valence-corrected chi connectivity index (χ0v) is 9.65. The van der Waals surface area contributed by atoms with Crippen molar-refractivity contribution in [3.8, 4) is 0 Å². The Kier molecular flexibility index (Phi) is 10.1. The van der Waals surface area contributed by atoms with Gasteiger partial charge in [0.1, 0.15) is 0 Å². The molecule has 0 rings (SSSR count). The predicted octanol–water partition coefficient (Wildman–Crippen LogP) is 3.52. The lowest BCUT2D eigenvalue weighted by Gasteiger charge is -2.22. The van der Waals surface area contributed by atoms with Gasteiger partial charge in [-0.1, -0.05) is 41.2 Å². The molecule has 0 amide bonds. The fourth-order valence-electron chi connectivity index (χ4n) is 0.947. The third-order valence-corrected chi connectivity index (χ3v) is 1.59. The third kappa shape index (κ3) is 7.64. The van der Waals surface area contributed by atoms with E-state index in [1.165, 1.54) is 5.70 Å². The van der Waals surface area contributed by atoms with Gasteiger partial charge in [-0.3, -0.25) is 0 Å². The van der Waals surface area contributed by atoms with E-state index in [2.05, 4.69) is 39.3 Å². The van der Waals surface area contributed by atoms with E-state index in [9.17, 15) is 0 Å². The van der Waals surface area contributed by atoms with Gasteiger partial charge in [-0.25, -0.2) is 0 Å². The van der Waals surface area contributed by atoms with E-state index in [1.54, 1.807) is 0 Å². The van der Waals surface area contributed by atoms with Gasteiger partial charge in [0.05, 0.1) is 0 Å². The summed E-state index contributed by atoms with van der Waals surface area (Å²) in [6, 6.07) is 0.